The number of ether oxygens (including phenoxy) is 6. The molecule has 1 saturated heterocycles. The third-order valence-electron chi connectivity index (χ3n) is 19.7. The van der Waals surface area contributed by atoms with Gasteiger partial charge in [-0.15, -0.1) is 0 Å². The number of carbonyl (C=O) groups is 7. The Balaban J connectivity index is 3.85. The van der Waals surface area contributed by atoms with Crippen LogP contribution in [0.5, 0.6) is 0 Å². The molecule has 6 N–H and O–H groups in total. The number of unbranched alkanes of at least 4 members (excludes halogenated alkanes) is 42. The average Bonchev–Trinajstić information content (AvgIpc) is 0.780. The summed E-state index contributed by atoms with van der Waals surface area (Å²) in [5, 5.41) is 26.9. The van der Waals surface area contributed by atoms with Gasteiger partial charge in [0.2, 0.25) is 11.8 Å². The third-order valence-corrected chi connectivity index (χ3v) is 20.2. The molecule has 0 spiro atoms. The Kier molecular flexibility index (Phi) is 62.8. The Labute approximate surface area is 624 Å². The minimum atomic E-state index is -5.56. The van der Waals surface area contributed by atoms with Gasteiger partial charge in [0.25, 0.3) is 0 Å². The van der Waals surface area contributed by atoms with Crippen molar-refractivity contribution < 1.29 is 91.1 Å². The number of phosphoric ester groups is 1. The minimum Gasteiger partial charge on any atom is -0.480 e. The first-order valence-electron chi connectivity index (χ1n) is 42.1. The Bertz CT molecular complexity index is 2170. The molecule has 1 fully saturated rings. The number of hydrogen-bond acceptors (Lipinski definition) is 16. The van der Waals surface area contributed by atoms with Gasteiger partial charge in [-0.25, -0.2) is 9.36 Å². The molecular formula is C81H151N2O19P. The number of carboxylic acids is 1. The fourth-order valence-electron chi connectivity index (χ4n) is 13.5. The number of aliphatic carboxylic acids is 1. The van der Waals surface area contributed by atoms with Crippen LogP contribution in [-0.2, 0) is 71.1 Å². The van der Waals surface area contributed by atoms with Gasteiger partial charge in [0.1, 0.15) is 36.6 Å². The normalized spacial score (nSPS) is 17.3. The number of hydrogen-bond donors (Lipinski definition) is 6. The van der Waals surface area contributed by atoms with Gasteiger partial charge in [-0.3, -0.25) is 33.3 Å². The Morgan fingerprint density at radius 3 is 1.01 bits per heavy atom. The Hall–Kier alpha value is -3.72. The van der Waals surface area contributed by atoms with Crippen LogP contribution in [-0.4, -0.2) is 130 Å². The fraction of sp³-hybridized carbons (Fsp3) is 0.914. The number of carboxylic acid groups (broad SMARTS) is 1. The predicted molar refractivity (Wildman–Crippen MR) is 407 cm³/mol. The highest BCUT2D eigenvalue weighted by Crippen LogP contribution is 2.42. The summed E-state index contributed by atoms with van der Waals surface area (Å²) >= 11 is 0. The summed E-state index contributed by atoms with van der Waals surface area (Å²) in [6.45, 7) is 11.1. The molecule has 0 saturated carbocycles. The van der Waals surface area contributed by atoms with E-state index in [-0.39, 0.29) is 32.1 Å². The number of amides is 2. The first kappa shape index (κ1) is 97.3. The second-order valence-electron chi connectivity index (χ2n) is 29.5. The SMILES string of the molecule is CCCCCCCCCCC[C@H](CC(=O)NC1[C@H](OC[C@H](NC(=O)C[C@@H](CCCCCCCCCCC)OC(=O)CCCCCCCCC)C(=O)O)OC(CO)[C@@H](OP(=O)(O)O)[C@@H]1OC(=O)C[C@@H](CCCCCCCCCCC)OC(=O)CCCCCCCCC)OC(=O)CCCCCCCCC. The van der Waals surface area contributed by atoms with Crippen molar-refractivity contribution in [2.75, 3.05) is 13.2 Å². The van der Waals surface area contributed by atoms with E-state index in [1.54, 1.807) is 0 Å². The highest BCUT2D eigenvalue weighted by atomic mass is 31.2. The largest absolute Gasteiger partial charge is 0.480 e. The van der Waals surface area contributed by atoms with Crippen LogP contribution in [0.1, 0.15) is 408 Å². The van der Waals surface area contributed by atoms with Crippen LogP contribution in [0.15, 0.2) is 0 Å². The summed E-state index contributed by atoms with van der Waals surface area (Å²) in [6.07, 6.45) is 38.1. The van der Waals surface area contributed by atoms with Gasteiger partial charge in [-0.05, 0) is 57.8 Å². The molecule has 1 heterocycles. The molecule has 103 heavy (non-hydrogen) atoms. The second-order valence-corrected chi connectivity index (χ2v) is 30.7. The molecule has 0 aromatic rings. The fourth-order valence-corrected chi connectivity index (χ4v) is 14.1. The summed E-state index contributed by atoms with van der Waals surface area (Å²) < 4.78 is 54.9. The van der Waals surface area contributed by atoms with Crippen LogP contribution in [0.3, 0.4) is 0 Å². The van der Waals surface area contributed by atoms with E-state index >= 15 is 0 Å². The molecule has 0 aromatic carbocycles. The Morgan fingerprint density at radius 1 is 0.398 bits per heavy atom. The van der Waals surface area contributed by atoms with Gasteiger partial charge >= 0.3 is 37.7 Å². The van der Waals surface area contributed by atoms with E-state index in [1.807, 2.05) is 0 Å². The number of aliphatic hydroxyl groups excluding tert-OH is 1. The lowest BCUT2D eigenvalue weighted by Crippen LogP contribution is -2.66. The summed E-state index contributed by atoms with van der Waals surface area (Å²) in [4.78, 5) is 118. The molecular weight excluding hydrogens is 1340 g/mol. The van der Waals surface area contributed by atoms with E-state index in [0.29, 0.717) is 51.4 Å². The van der Waals surface area contributed by atoms with Crippen molar-refractivity contribution in [3.63, 3.8) is 0 Å². The van der Waals surface area contributed by atoms with E-state index in [9.17, 15) is 58.1 Å². The summed E-state index contributed by atoms with van der Waals surface area (Å²) in [6, 6.07) is -3.60. The molecule has 0 bridgehead atoms. The maximum absolute atomic E-state index is 14.8. The summed E-state index contributed by atoms with van der Waals surface area (Å²) in [7, 11) is -5.56. The van der Waals surface area contributed by atoms with Crippen molar-refractivity contribution in [3.05, 3.63) is 0 Å². The first-order valence-corrected chi connectivity index (χ1v) is 43.6. The van der Waals surface area contributed by atoms with Crippen molar-refractivity contribution in [2.24, 2.45) is 0 Å². The molecule has 21 nitrogen and oxygen atoms in total. The van der Waals surface area contributed by atoms with Gasteiger partial charge in [0, 0.05) is 19.3 Å². The highest BCUT2D eigenvalue weighted by Gasteiger charge is 2.52. The van der Waals surface area contributed by atoms with Crippen LogP contribution < -0.4 is 10.6 Å². The van der Waals surface area contributed by atoms with E-state index < -0.39 is 131 Å². The van der Waals surface area contributed by atoms with Crippen LogP contribution in [0.25, 0.3) is 0 Å². The summed E-state index contributed by atoms with van der Waals surface area (Å²) in [5.41, 5.74) is 0. The second kappa shape index (κ2) is 66.5. The molecule has 2 unspecified atom stereocenters. The predicted octanol–water partition coefficient (Wildman–Crippen LogP) is 19.3. The summed E-state index contributed by atoms with van der Waals surface area (Å²) in [5.74, 6) is -5.54. The van der Waals surface area contributed by atoms with Crippen LogP contribution >= 0.6 is 7.82 Å². The molecule has 2 amide bonds. The van der Waals surface area contributed by atoms with Gasteiger partial charge in [0.15, 0.2) is 18.4 Å². The van der Waals surface area contributed by atoms with E-state index in [4.69, 9.17) is 32.9 Å². The molecule has 0 aliphatic carbocycles. The maximum atomic E-state index is 14.8. The zero-order valence-corrected chi connectivity index (χ0v) is 66.7. The topological polar surface area (TPSA) is 306 Å². The van der Waals surface area contributed by atoms with Crippen molar-refractivity contribution in [1.29, 1.82) is 0 Å². The smallest absolute Gasteiger partial charge is 0.470 e. The number of phosphoric acid groups is 1. The standard InChI is InChI=1S/C81H151N2O19P/c1-7-13-19-25-31-34-40-43-49-55-66(97-73(87)58-52-46-37-28-22-16-10-4)61-71(85)82-69(80(91)92)65-96-81-77(83-72(86)62-67(56-50-44-41-35-32-26-20-14-8-2)98-74(88)59-53-47-38-29-23-17-11-5)79(78(70(64-84)100-81)102-103(93,94)95)101-76(90)63-68(57-51-45-42-36-33-27-21-15-9-3)99-75(89)60-54-48-39-30-24-18-12-6/h66-70,77-79,81,84H,7-65H2,1-6H3,(H,82,85)(H,83,86)(H,91,92)(H2,93,94,95)/t66-,67-,68-,69+,70?,77?,78-,79-,81-/m1/s1. The van der Waals surface area contributed by atoms with Gasteiger partial charge in [-0.2, -0.15) is 0 Å². The molecule has 1 rings (SSSR count). The minimum absolute atomic E-state index is 0.125. The maximum Gasteiger partial charge on any atom is 0.470 e. The molecule has 1 aliphatic heterocycles. The molecule has 0 radical (unpaired) electrons. The van der Waals surface area contributed by atoms with Crippen LogP contribution in [0, 0.1) is 0 Å². The van der Waals surface area contributed by atoms with E-state index in [2.05, 4.69) is 52.2 Å². The molecule has 1 aliphatic rings. The number of aliphatic hydroxyl groups is 1. The van der Waals surface area contributed by atoms with Crippen molar-refractivity contribution in [3.8, 4) is 0 Å². The Morgan fingerprint density at radius 2 is 0.699 bits per heavy atom. The van der Waals surface area contributed by atoms with E-state index in [0.717, 1.165) is 225 Å². The van der Waals surface area contributed by atoms with Gasteiger partial charge in [0.05, 0.1) is 32.5 Å². The van der Waals surface area contributed by atoms with Crippen molar-refractivity contribution >= 4 is 49.5 Å². The van der Waals surface area contributed by atoms with Crippen molar-refractivity contribution in [2.45, 2.75) is 463 Å². The van der Waals surface area contributed by atoms with Crippen LogP contribution in [0.4, 0.5) is 0 Å². The van der Waals surface area contributed by atoms with E-state index in [1.165, 1.54) is 44.9 Å². The number of carbonyl (C=O) groups excluding carboxylic acids is 6. The zero-order valence-electron chi connectivity index (χ0n) is 65.8. The van der Waals surface area contributed by atoms with Gasteiger partial charge < -0.3 is 59.1 Å². The molecule has 22 heteroatoms. The molecule has 604 valence electrons. The third kappa shape index (κ3) is 55.4. The van der Waals surface area contributed by atoms with Crippen LogP contribution in [0.2, 0.25) is 0 Å². The number of nitrogens with one attached hydrogen (secondary N) is 2. The number of rotatable bonds is 73. The van der Waals surface area contributed by atoms with Crippen molar-refractivity contribution in [1.82, 2.24) is 10.6 Å². The average molecular weight is 1490 g/mol. The monoisotopic (exact) mass is 1490 g/mol. The zero-order chi connectivity index (χ0) is 75.8. The first-order chi connectivity index (χ1) is 49.8. The number of esters is 4. The molecule has 9 atom stereocenters. The molecule has 0 aromatic heterocycles. The lowest BCUT2D eigenvalue weighted by molar-refractivity contribution is -0.272. The van der Waals surface area contributed by atoms with Gasteiger partial charge in [-0.1, -0.05) is 311 Å². The highest BCUT2D eigenvalue weighted by molar-refractivity contribution is 7.46. The lowest BCUT2D eigenvalue weighted by atomic mass is 9.95. The quantitative estimate of drug-likeness (QED) is 0.0143. The lowest BCUT2D eigenvalue weighted by Gasteiger charge is -2.45.